The number of fused-ring (bicyclic) bond motifs is 1. The van der Waals surface area contributed by atoms with Crippen LogP contribution in [0.3, 0.4) is 0 Å². The first-order chi connectivity index (χ1) is 12.6. The highest BCUT2D eigenvalue weighted by molar-refractivity contribution is 6.31. The van der Waals surface area contributed by atoms with Crippen molar-refractivity contribution in [1.29, 1.82) is 0 Å². The van der Waals surface area contributed by atoms with Crippen LogP contribution in [-0.2, 0) is 6.54 Å². The van der Waals surface area contributed by atoms with E-state index in [2.05, 4.69) is 15.2 Å². The number of nitrogens with zero attached hydrogens (tertiary/aromatic N) is 5. The van der Waals surface area contributed by atoms with Gasteiger partial charge in [0.15, 0.2) is 0 Å². The molecule has 6 heteroatoms. The molecule has 0 unspecified atom stereocenters. The molecule has 4 rings (SSSR count). The summed E-state index contributed by atoms with van der Waals surface area (Å²) in [5.41, 5.74) is 5.94. The van der Waals surface area contributed by atoms with Crippen molar-refractivity contribution < 1.29 is 0 Å². The van der Waals surface area contributed by atoms with Gasteiger partial charge in [0.25, 0.3) is 0 Å². The van der Waals surface area contributed by atoms with Gasteiger partial charge in [0.1, 0.15) is 6.33 Å². The molecule has 0 atom stereocenters. The molecule has 0 amide bonds. The van der Waals surface area contributed by atoms with Gasteiger partial charge in [-0.1, -0.05) is 41.9 Å². The fraction of sp³-hybridized carbons (Fsp3) is 0.150. The number of aromatic nitrogens is 4. The Morgan fingerprint density at radius 3 is 2.69 bits per heavy atom. The molecule has 5 nitrogen and oxygen atoms in total. The highest BCUT2D eigenvalue weighted by Crippen LogP contribution is 2.19. The molecule has 0 saturated heterocycles. The van der Waals surface area contributed by atoms with E-state index in [9.17, 15) is 0 Å². The highest BCUT2D eigenvalue weighted by Gasteiger charge is 2.11. The number of rotatable bonds is 4. The Kier molecular flexibility index (Phi) is 4.31. The second-order valence-corrected chi connectivity index (χ2v) is 6.56. The van der Waals surface area contributed by atoms with Crippen LogP contribution in [0.4, 0.5) is 0 Å². The Labute approximate surface area is 156 Å². The molecule has 0 saturated carbocycles. The van der Waals surface area contributed by atoms with Crippen molar-refractivity contribution >= 4 is 28.8 Å². The summed E-state index contributed by atoms with van der Waals surface area (Å²) in [7, 11) is 0. The van der Waals surface area contributed by atoms with Gasteiger partial charge in [0.05, 0.1) is 29.5 Å². The van der Waals surface area contributed by atoms with Crippen LogP contribution in [0.1, 0.15) is 22.5 Å². The standard InChI is InChI=1S/C20H18ClN5/c1-14-17(11-23-26-13-22-19-9-5-6-10-20(19)26)15(2)25(24-14)12-16-7-3-4-8-18(16)21/h3-11,13H,12H2,1-2H3/b23-11-. The van der Waals surface area contributed by atoms with Crippen LogP contribution in [0.2, 0.25) is 5.02 Å². The molecule has 0 spiro atoms. The first-order valence-corrected chi connectivity index (χ1v) is 8.75. The highest BCUT2D eigenvalue weighted by atomic mass is 35.5. The van der Waals surface area contributed by atoms with Crippen molar-refractivity contribution in [2.75, 3.05) is 0 Å². The molecule has 0 N–H and O–H groups in total. The minimum absolute atomic E-state index is 0.633. The Morgan fingerprint density at radius 2 is 1.85 bits per heavy atom. The summed E-state index contributed by atoms with van der Waals surface area (Å²) in [5, 5.41) is 9.97. The van der Waals surface area contributed by atoms with Gasteiger partial charge in [0.2, 0.25) is 0 Å². The Hall–Kier alpha value is -2.92. The Morgan fingerprint density at radius 1 is 1.08 bits per heavy atom. The zero-order valence-corrected chi connectivity index (χ0v) is 15.4. The first kappa shape index (κ1) is 16.5. The topological polar surface area (TPSA) is 48.0 Å². The van der Waals surface area contributed by atoms with Crippen LogP contribution in [0.15, 0.2) is 60.0 Å². The number of benzene rings is 2. The molecule has 130 valence electrons. The summed E-state index contributed by atoms with van der Waals surface area (Å²) in [4.78, 5) is 4.36. The quantitative estimate of drug-likeness (QED) is 0.503. The lowest BCUT2D eigenvalue weighted by molar-refractivity contribution is 0.659. The molecule has 0 aliphatic heterocycles. The van der Waals surface area contributed by atoms with Gasteiger partial charge < -0.3 is 0 Å². The van der Waals surface area contributed by atoms with Gasteiger partial charge in [0, 0.05) is 16.3 Å². The van der Waals surface area contributed by atoms with Crippen LogP contribution in [-0.4, -0.2) is 25.7 Å². The number of halogens is 1. The van der Waals surface area contributed by atoms with E-state index >= 15 is 0 Å². The van der Waals surface area contributed by atoms with Gasteiger partial charge in [-0.2, -0.15) is 10.2 Å². The van der Waals surface area contributed by atoms with E-state index in [4.69, 9.17) is 11.6 Å². The Balaban J connectivity index is 1.65. The third-order valence-corrected chi connectivity index (χ3v) is 4.83. The van der Waals surface area contributed by atoms with Crippen LogP contribution >= 0.6 is 11.6 Å². The molecule has 0 aliphatic rings. The lowest BCUT2D eigenvalue weighted by Crippen LogP contribution is -2.04. The van der Waals surface area contributed by atoms with Crippen molar-refractivity contribution in [1.82, 2.24) is 19.4 Å². The molecule has 4 aromatic rings. The van der Waals surface area contributed by atoms with Gasteiger partial charge >= 0.3 is 0 Å². The predicted molar refractivity (Wildman–Crippen MR) is 105 cm³/mol. The summed E-state index contributed by atoms with van der Waals surface area (Å²) in [6.07, 6.45) is 3.56. The first-order valence-electron chi connectivity index (χ1n) is 8.37. The van der Waals surface area contributed by atoms with E-state index in [1.807, 2.05) is 73.3 Å². The summed E-state index contributed by atoms with van der Waals surface area (Å²) < 4.78 is 3.74. The van der Waals surface area contributed by atoms with E-state index in [1.165, 1.54) is 0 Å². The van der Waals surface area contributed by atoms with E-state index in [0.717, 1.165) is 38.6 Å². The van der Waals surface area contributed by atoms with Crippen molar-refractivity contribution in [3.8, 4) is 0 Å². The smallest absolute Gasteiger partial charge is 0.118 e. The molecule has 0 fully saturated rings. The number of hydrogen-bond acceptors (Lipinski definition) is 3. The SMILES string of the molecule is Cc1nn(Cc2ccccc2Cl)c(C)c1/C=N\n1cnc2ccccc21. The van der Waals surface area contributed by atoms with E-state index < -0.39 is 0 Å². The van der Waals surface area contributed by atoms with Crippen LogP contribution in [0.25, 0.3) is 11.0 Å². The summed E-state index contributed by atoms with van der Waals surface area (Å²) in [6.45, 7) is 4.67. The minimum Gasteiger partial charge on any atom is -0.264 e. The van der Waals surface area contributed by atoms with Crippen LogP contribution < -0.4 is 0 Å². The number of para-hydroxylation sites is 2. The monoisotopic (exact) mass is 363 g/mol. The van der Waals surface area contributed by atoms with Crippen molar-refractivity contribution in [2.24, 2.45) is 5.10 Å². The fourth-order valence-electron chi connectivity index (χ4n) is 3.00. The van der Waals surface area contributed by atoms with E-state index in [0.29, 0.717) is 6.54 Å². The van der Waals surface area contributed by atoms with Crippen LogP contribution in [0.5, 0.6) is 0 Å². The summed E-state index contributed by atoms with van der Waals surface area (Å²) in [6, 6.07) is 15.8. The minimum atomic E-state index is 0.633. The summed E-state index contributed by atoms with van der Waals surface area (Å²) >= 11 is 6.28. The summed E-state index contributed by atoms with van der Waals surface area (Å²) in [5.74, 6) is 0. The Bertz CT molecular complexity index is 1110. The van der Waals surface area contributed by atoms with Gasteiger partial charge in [-0.15, -0.1) is 0 Å². The van der Waals surface area contributed by atoms with Crippen molar-refractivity contribution in [3.63, 3.8) is 0 Å². The molecule has 2 aromatic heterocycles. The van der Waals surface area contributed by atoms with Crippen molar-refractivity contribution in [2.45, 2.75) is 20.4 Å². The third-order valence-electron chi connectivity index (χ3n) is 4.46. The maximum absolute atomic E-state index is 6.28. The average molecular weight is 364 g/mol. The van der Waals surface area contributed by atoms with Gasteiger partial charge in [-0.3, -0.25) is 4.68 Å². The largest absolute Gasteiger partial charge is 0.264 e. The van der Waals surface area contributed by atoms with Crippen LogP contribution in [0, 0.1) is 13.8 Å². The van der Waals surface area contributed by atoms with Gasteiger partial charge in [-0.25, -0.2) is 9.66 Å². The maximum atomic E-state index is 6.28. The third kappa shape index (κ3) is 3.02. The molecule has 2 heterocycles. The lowest BCUT2D eigenvalue weighted by atomic mass is 10.2. The molecule has 2 aromatic carbocycles. The maximum Gasteiger partial charge on any atom is 0.118 e. The zero-order valence-electron chi connectivity index (χ0n) is 14.6. The lowest BCUT2D eigenvalue weighted by Gasteiger charge is -2.06. The molecule has 0 radical (unpaired) electrons. The van der Waals surface area contributed by atoms with Gasteiger partial charge in [-0.05, 0) is 37.6 Å². The molecule has 26 heavy (non-hydrogen) atoms. The molecular formula is C20H18ClN5. The second-order valence-electron chi connectivity index (χ2n) is 6.16. The molecular weight excluding hydrogens is 346 g/mol. The number of imidazole rings is 1. The number of aryl methyl sites for hydroxylation is 1. The number of hydrogen-bond donors (Lipinski definition) is 0. The van der Waals surface area contributed by atoms with E-state index in [-0.39, 0.29) is 0 Å². The van der Waals surface area contributed by atoms with E-state index in [1.54, 1.807) is 11.0 Å². The average Bonchev–Trinajstić information content (AvgIpc) is 3.17. The fourth-order valence-corrected chi connectivity index (χ4v) is 3.19. The zero-order chi connectivity index (χ0) is 18.1. The predicted octanol–water partition coefficient (Wildman–Crippen LogP) is 4.43. The molecule has 0 bridgehead atoms. The molecule has 0 aliphatic carbocycles. The second kappa shape index (κ2) is 6.77. The normalized spacial score (nSPS) is 11.7. The van der Waals surface area contributed by atoms with Crippen molar-refractivity contribution in [3.05, 3.63) is 82.4 Å².